The molecule has 1 fully saturated rings. The van der Waals surface area contributed by atoms with E-state index in [-0.39, 0.29) is 24.4 Å². The van der Waals surface area contributed by atoms with E-state index in [0.717, 1.165) is 25.1 Å². The molecule has 1 aromatic heterocycles. The van der Waals surface area contributed by atoms with Crippen molar-refractivity contribution in [2.75, 3.05) is 6.54 Å². The first-order valence-electron chi connectivity index (χ1n) is 5.27. The summed E-state index contributed by atoms with van der Waals surface area (Å²) in [6.07, 6.45) is 3.75. The number of carbonyl (C=O) groups is 1. The second kappa shape index (κ2) is 6.45. The van der Waals surface area contributed by atoms with Crippen LogP contribution in [0.1, 0.15) is 18.5 Å². The van der Waals surface area contributed by atoms with Gasteiger partial charge in [-0.05, 0) is 31.5 Å². The number of pyridine rings is 1. The molecule has 0 saturated carbocycles. The molecule has 0 radical (unpaired) electrons. The smallest absolute Gasteiger partial charge is 0.237 e. The minimum Gasteiger partial charge on any atom is -0.349 e. The highest BCUT2D eigenvalue weighted by atomic mass is 35.5. The molecule has 5 heteroatoms. The fourth-order valence-electron chi connectivity index (χ4n) is 1.71. The van der Waals surface area contributed by atoms with E-state index in [1.165, 1.54) is 0 Å². The van der Waals surface area contributed by atoms with Gasteiger partial charge in [-0.2, -0.15) is 0 Å². The zero-order chi connectivity index (χ0) is 10.5. The summed E-state index contributed by atoms with van der Waals surface area (Å²) in [5, 5.41) is 6.04. The molecule has 0 spiro atoms. The Bertz CT molecular complexity index is 325. The third kappa shape index (κ3) is 3.47. The maximum atomic E-state index is 11.6. The predicted molar refractivity (Wildman–Crippen MR) is 64.4 cm³/mol. The summed E-state index contributed by atoms with van der Waals surface area (Å²) in [5.74, 6) is 0.0816. The van der Waals surface area contributed by atoms with Crippen LogP contribution in [0.3, 0.4) is 0 Å². The fourth-order valence-corrected chi connectivity index (χ4v) is 1.71. The number of aromatic nitrogens is 1. The molecule has 0 aliphatic carbocycles. The van der Waals surface area contributed by atoms with E-state index in [0.29, 0.717) is 6.54 Å². The fraction of sp³-hybridized carbons (Fsp3) is 0.455. The van der Waals surface area contributed by atoms with Crippen LogP contribution in [0.4, 0.5) is 0 Å². The van der Waals surface area contributed by atoms with Gasteiger partial charge in [-0.25, -0.2) is 0 Å². The summed E-state index contributed by atoms with van der Waals surface area (Å²) in [4.78, 5) is 15.8. The Hall–Kier alpha value is -1.13. The van der Waals surface area contributed by atoms with Crippen LogP contribution in [0.2, 0.25) is 0 Å². The van der Waals surface area contributed by atoms with Crippen LogP contribution >= 0.6 is 12.4 Å². The van der Waals surface area contributed by atoms with Crippen LogP contribution in [0.5, 0.6) is 0 Å². The van der Waals surface area contributed by atoms with Crippen molar-refractivity contribution < 1.29 is 4.79 Å². The van der Waals surface area contributed by atoms with Crippen LogP contribution < -0.4 is 10.6 Å². The monoisotopic (exact) mass is 241 g/mol. The largest absolute Gasteiger partial charge is 0.349 e. The molecule has 1 aromatic rings. The van der Waals surface area contributed by atoms with Gasteiger partial charge < -0.3 is 10.6 Å². The summed E-state index contributed by atoms with van der Waals surface area (Å²) < 4.78 is 0. The van der Waals surface area contributed by atoms with Crippen molar-refractivity contribution in [3.05, 3.63) is 30.1 Å². The van der Waals surface area contributed by atoms with Crippen molar-refractivity contribution in [2.24, 2.45) is 0 Å². The van der Waals surface area contributed by atoms with Gasteiger partial charge in [0.25, 0.3) is 0 Å². The van der Waals surface area contributed by atoms with E-state index in [9.17, 15) is 4.79 Å². The van der Waals surface area contributed by atoms with E-state index in [1.807, 2.05) is 18.2 Å². The second-order valence-corrected chi connectivity index (χ2v) is 3.69. The number of rotatable bonds is 3. The number of nitrogens with one attached hydrogen (secondary N) is 2. The molecule has 1 aliphatic rings. The Kier molecular flexibility index (Phi) is 5.22. The van der Waals surface area contributed by atoms with Gasteiger partial charge in [0.05, 0.1) is 18.3 Å². The van der Waals surface area contributed by atoms with E-state index in [4.69, 9.17) is 0 Å². The zero-order valence-electron chi connectivity index (χ0n) is 8.98. The normalized spacial score (nSPS) is 18.9. The standard InChI is InChI=1S/C11H15N3O.ClH/c15-11(10-5-3-7-13-10)14-8-9-4-1-2-6-12-9;/h1-2,4,6,10,13H,3,5,7-8H2,(H,14,15);1H/t10-;/m1./s1. The van der Waals surface area contributed by atoms with Crippen LogP contribution in [0.15, 0.2) is 24.4 Å². The first-order valence-corrected chi connectivity index (χ1v) is 5.27. The van der Waals surface area contributed by atoms with Crippen molar-refractivity contribution in [2.45, 2.75) is 25.4 Å². The van der Waals surface area contributed by atoms with Crippen molar-refractivity contribution in [1.82, 2.24) is 15.6 Å². The first-order chi connectivity index (χ1) is 7.36. The van der Waals surface area contributed by atoms with Gasteiger partial charge in [-0.3, -0.25) is 9.78 Å². The number of hydrogen-bond donors (Lipinski definition) is 2. The summed E-state index contributed by atoms with van der Waals surface area (Å²) in [5.41, 5.74) is 0.892. The molecule has 16 heavy (non-hydrogen) atoms. The topological polar surface area (TPSA) is 54.0 Å². The molecule has 2 N–H and O–H groups in total. The van der Waals surface area contributed by atoms with Crippen molar-refractivity contribution in [3.63, 3.8) is 0 Å². The maximum Gasteiger partial charge on any atom is 0.237 e. The third-order valence-electron chi connectivity index (χ3n) is 2.55. The summed E-state index contributed by atoms with van der Waals surface area (Å²) in [7, 11) is 0. The van der Waals surface area contributed by atoms with Gasteiger partial charge in [0.2, 0.25) is 5.91 Å². The Morgan fingerprint density at radius 3 is 3.06 bits per heavy atom. The van der Waals surface area contributed by atoms with Gasteiger partial charge in [-0.1, -0.05) is 6.07 Å². The second-order valence-electron chi connectivity index (χ2n) is 3.69. The quantitative estimate of drug-likeness (QED) is 0.826. The van der Waals surface area contributed by atoms with E-state index >= 15 is 0 Å². The van der Waals surface area contributed by atoms with Gasteiger partial charge in [-0.15, -0.1) is 12.4 Å². The molecule has 0 aromatic carbocycles. The minimum absolute atomic E-state index is 0. The molecule has 2 rings (SSSR count). The lowest BCUT2D eigenvalue weighted by atomic mass is 10.2. The van der Waals surface area contributed by atoms with Crippen LogP contribution in [0, 0.1) is 0 Å². The molecule has 4 nitrogen and oxygen atoms in total. The molecular formula is C11H16ClN3O. The van der Waals surface area contributed by atoms with Gasteiger partial charge in [0, 0.05) is 6.20 Å². The van der Waals surface area contributed by atoms with Gasteiger partial charge >= 0.3 is 0 Å². The SMILES string of the molecule is Cl.O=C(NCc1ccccn1)[C@H]1CCCN1. The highest BCUT2D eigenvalue weighted by Crippen LogP contribution is 2.04. The third-order valence-corrected chi connectivity index (χ3v) is 2.55. The number of amides is 1. The Morgan fingerprint density at radius 2 is 2.44 bits per heavy atom. The van der Waals surface area contributed by atoms with E-state index < -0.39 is 0 Å². The van der Waals surface area contributed by atoms with Crippen LogP contribution in [-0.4, -0.2) is 23.5 Å². The van der Waals surface area contributed by atoms with E-state index in [1.54, 1.807) is 6.20 Å². The lowest BCUT2D eigenvalue weighted by Gasteiger charge is -2.10. The highest BCUT2D eigenvalue weighted by Gasteiger charge is 2.21. The molecule has 88 valence electrons. The molecule has 1 atom stereocenters. The lowest BCUT2D eigenvalue weighted by molar-refractivity contribution is -0.122. The maximum absolute atomic E-state index is 11.6. The predicted octanol–water partition coefficient (Wildman–Crippen LogP) is 0.872. The summed E-state index contributed by atoms with van der Waals surface area (Å²) in [6, 6.07) is 5.68. The number of nitrogens with zero attached hydrogens (tertiary/aromatic N) is 1. The Morgan fingerprint density at radius 1 is 1.56 bits per heavy atom. The average Bonchev–Trinajstić information content (AvgIpc) is 2.81. The van der Waals surface area contributed by atoms with Crippen LogP contribution in [-0.2, 0) is 11.3 Å². The Labute approximate surface area is 101 Å². The van der Waals surface area contributed by atoms with Crippen molar-refractivity contribution in [3.8, 4) is 0 Å². The number of halogens is 1. The zero-order valence-corrected chi connectivity index (χ0v) is 9.80. The molecular weight excluding hydrogens is 226 g/mol. The average molecular weight is 242 g/mol. The van der Waals surface area contributed by atoms with Crippen molar-refractivity contribution >= 4 is 18.3 Å². The molecule has 1 amide bonds. The summed E-state index contributed by atoms with van der Waals surface area (Å²) >= 11 is 0. The van der Waals surface area contributed by atoms with Crippen LogP contribution in [0.25, 0.3) is 0 Å². The number of carbonyl (C=O) groups excluding carboxylic acids is 1. The van der Waals surface area contributed by atoms with E-state index in [2.05, 4.69) is 15.6 Å². The molecule has 0 bridgehead atoms. The Balaban J connectivity index is 0.00000128. The number of hydrogen-bond acceptors (Lipinski definition) is 3. The molecule has 1 saturated heterocycles. The summed E-state index contributed by atoms with van der Waals surface area (Å²) in [6.45, 7) is 1.46. The molecule has 2 heterocycles. The molecule has 0 unspecified atom stereocenters. The minimum atomic E-state index is -0.00582. The van der Waals surface area contributed by atoms with Gasteiger partial charge in [0.15, 0.2) is 0 Å². The lowest BCUT2D eigenvalue weighted by Crippen LogP contribution is -2.40. The highest BCUT2D eigenvalue weighted by molar-refractivity contribution is 5.85. The van der Waals surface area contributed by atoms with Gasteiger partial charge in [0.1, 0.15) is 0 Å². The van der Waals surface area contributed by atoms with Crippen molar-refractivity contribution in [1.29, 1.82) is 0 Å². The first kappa shape index (κ1) is 12.9. The molecule has 1 aliphatic heterocycles.